The zero-order valence-electron chi connectivity index (χ0n) is 7.48. The number of hydrogen-bond acceptors (Lipinski definition) is 3. The van der Waals surface area contributed by atoms with Crippen LogP contribution in [0.4, 0.5) is 0 Å². The van der Waals surface area contributed by atoms with Crippen LogP contribution in [0.25, 0.3) is 0 Å². The van der Waals surface area contributed by atoms with Crippen molar-refractivity contribution >= 4 is 0 Å². The number of rotatable bonds is 4. The third-order valence-corrected chi connectivity index (χ3v) is 1.94. The first-order valence-electron chi connectivity index (χ1n) is 4.35. The molecule has 0 saturated carbocycles. The van der Waals surface area contributed by atoms with Gasteiger partial charge >= 0.3 is 0 Å². The molecule has 3 heteroatoms. The van der Waals surface area contributed by atoms with Gasteiger partial charge in [-0.1, -0.05) is 24.3 Å². The van der Waals surface area contributed by atoms with Crippen molar-refractivity contribution in [2.24, 2.45) is 5.73 Å². The lowest BCUT2D eigenvalue weighted by molar-refractivity contribution is 0.0955. The number of aliphatic hydroxyl groups is 2. The molecule has 0 bridgehead atoms. The number of benzene rings is 1. The minimum absolute atomic E-state index is 0.244. The van der Waals surface area contributed by atoms with E-state index in [4.69, 9.17) is 10.8 Å². The highest BCUT2D eigenvalue weighted by atomic mass is 16.3. The SMILES string of the molecule is NCCc1cccc(C(O)CO)c1. The van der Waals surface area contributed by atoms with Gasteiger partial charge in [0.05, 0.1) is 6.61 Å². The highest BCUT2D eigenvalue weighted by Gasteiger charge is 2.05. The molecular formula is C10H15NO2. The Morgan fingerprint density at radius 3 is 2.77 bits per heavy atom. The minimum Gasteiger partial charge on any atom is -0.393 e. The van der Waals surface area contributed by atoms with Gasteiger partial charge in [0.25, 0.3) is 0 Å². The van der Waals surface area contributed by atoms with Gasteiger partial charge in [0.2, 0.25) is 0 Å². The highest BCUT2D eigenvalue weighted by molar-refractivity contribution is 5.25. The number of aliphatic hydroxyl groups excluding tert-OH is 2. The summed E-state index contributed by atoms with van der Waals surface area (Å²) in [5.41, 5.74) is 7.24. The molecular weight excluding hydrogens is 166 g/mol. The van der Waals surface area contributed by atoms with Gasteiger partial charge in [0.1, 0.15) is 6.10 Å². The molecule has 1 aromatic carbocycles. The number of nitrogens with two attached hydrogens (primary N) is 1. The summed E-state index contributed by atoms with van der Waals surface area (Å²) in [5.74, 6) is 0. The lowest BCUT2D eigenvalue weighted by Crippen LogP contribution is -2.05. The van der Waals surface area contributed by atoms with E-state index in [2.05, 4.69) is 0 Å². The first-order valence-corrected chi connectivity index (χ1v) is 4.35. The molecule has 1 atom stereocenters. The fourth-order valence-electron chi connectivity index (χ4n) is 1.23. The summed E-state index contributed by atoms with van der Waals surface area (Å²) in [5, 5.41) is 18.1. The van der Waals surface area contributed by atoms with Crippen molar-refractivity contribution in [1.29, 1.82) is 0 Å². The van der Waals surface area contributed by atoms with Crippen molar-refractivity contribution in [2.45, 2.75) is 12.5 Å². The monoisotopic (exact) mass is 181 g/mol. The van der Waals surface area contributed by atoms with Gasteiger partial charge in [-0.2, -0.15) is 0 Å². The van der Waals surface area contributed by atoms with Gasteiger partial charge in [0, 0.05) is 0 Å². The molecule has 13 heavy (non-hydrogen) atoms. The molecule has 0 fully saturated rings. The Bertz CT molecular complexity index is 263. The van der Waals surface area contributed by atoms with Crippen molar-refractivity contribution in [3.63, 3.8) is 0 Å². The Labute approximate surface area is 77.8 Å². The van der Waals surface area contributed by atoms with Crippen molar-refractivity contribution in [3.05, 3.63) is 35.4 Å². The predicted molar refractivity (Wildman–Crippen MR) is 51.2 cm³/mol. The van der Waals surface area contributed by atoms with E-state index in [1.54, 1.807) is 6.07 Å². The van der Waals surface area contributed by atoms with E-state index in [0.717, 1.165) is 17.5 Å². The summed E-state index contributed by atoms with van der Waals surface area (Å²) in [6.45, 7) is 0.352. The third kappa shape index (κ3) is 2.81. The summed E-state index contributed by atoms with van der Waals surface area (Å²) in [6.07, 6.45) is 0.0177. The fourth-order valence-corrected chi connectivity index (χ4v) is 1.23. The van der Waals surface area contributed by atoms with Crippen LogP contribution >= 0.6 is 0 Å². The van der Waals surface area contributed by atoms with Crippen LogP contribution in [-0.4, -0.2) is 23.4 Å². The maximum Gasteiger partial charge on any atom is 0.102 e. The largest absolute Gasteiger partial charge is 0.393 e. The average molecular weight is 181 g/mol. The predicted octanol–water partition coefficient (Wildman–Crippen LogP) is 0.213. The van der Waals surface area contributed by atoms with Gasteiger partial charge in [-0.25, -0.2) is 0 Å². The Morgan fingerprint density at radius 1 is 1.38 bits per heavy atom. The van der Waals surface area contributed by atoms with Crippen LogP contribution in [0, 0.1) is 0 Å². The zero-order chi connectivity index (χ0) is 9.68. The van der Waals surface area contributed by atoms with Crippen LogP contribution in [0.15, 0.2) is 24.3 Å². The number of hydrogen-bond donors (Lipinski definition) is 3. The molecule has 0 saturated heterocycles. The summed E-state index contributed by atoms with van der Waals surface area (Å²) in [4.78, 5) is 0. The molecule has 0 aliphatic carbocycles. The van der Waals surface area contributed by atoms with E-state index >= 15 is 0 Å². The van der Waals surface area contributed by atoms with Gasteiger partial charge in [-0.15, -0.1) is 0 Å². The lowest BCUT2D eigenvalue weighted by atomic mass is 10.0. The Hall–Kier alpha value is -0.900. The minimum atomic E-state index is -0.780. The first-order chi connectivity index (χ1) is 6.27. The quantitative estimate of drug-likeness (QED) is 0.622. The lowest BCUT2D eigenvalue weighted by Gasteiger charge is -2.08. The fraction of sp³-hybridized carbons (Fsp3) is 0.400. The van der Waals surface area contributed by atoms with E-state index in [9.17, 15) is 5.11 Å². The summed E-state index contributed by atoms with van der Waals surface area (Å²) >= 11 is 0. The van der Waals surface area contributed by atoms with E-state index in [1.165, 1.54) is 0 Å². The molecule has 0 aliphatic heterocycles. The molecule has 1 unspecified atom stereocenters. The van der Waals surface area contributed by atoms with E-state index < -0.39 is 6.10 Å². The van der Waals surface area contributed by atoms with Crippen LogP contribution in [0.2, 0.25) is 0 Å². The van der Waals surface area contributed by atoms with Crippen molar-refractivity contribution in [2.75, 3.05) is 13.2 Å². The normalized spacial score (nSPS) is 12.8. The molecule has 0 aromatic heterocycles. The second-order valence-electron chi connectivity index (χ2n) is 2.98. The van der Waals surface area contributed by atoms with Crippen LogP contribution in [0.3, 0.4) is 0 Å². The van der Waals surface area contributed by atoms with E-state index in [-0.39, 0.29) is 6.61 Å². The maximum absolute atomic E-state index is 9.34. The van der Waals surface area contributed by atoms with E-state index in [0.29, 0.717) is 6.54 Å². The molecule has 4 N–H and O–H groups in total. The van der Waals surface area contributed by atoms with Crippen molar-refractivity contribution < 1.29 is 10.2 Å². The second-order valence-corrected chi connectivity index (χ2v) is 2.98. The molecule has 0 amide bonds. The van der Waals surface area contributed by atoms with Gasteiger partial charge in [0.15, 0.2) is 0 Å². The van der Waals surface area contributed by atoms with Gasteiger partial charge in [-0.05, 0) is 24.1 Å². The summed E-state index contributed by atoms with van der Waals surface area (Å²) < 4.78 is 0. The second kappa shape index (κ2) is 4.97. The molecule has 0 spiro atoms. The Kier molecular flexibility index (Phi) is 3.89. The van der Waals surface area contributed by atoms with Crippen molar-refractivity contribution in [3.8, 4) is 0 Å². The summed E-state index contributed by atoms with van der Waals surface area (Å²) in [7, 11) is 0. The molecule has 72 valence electrons. The molecule has 1 rings (SSSR count). The third-order valence-electron chi connectivity index (χ3n) is 1.94. The van der Waals surface area contributed by atoms with Crippen molar-refractivity contribution in [1.82, 2.24) is 0 Å². The average Bonchev–Trinajstić information content (AvgIpc) is 2.18. The first kappa shape index (κ1) is 10.2. The molecule has 1 aromatic rings. The van der Waals surface area contributed by atoms with E-state index in [1.807, 2.05) is 18.2 Å². The Morgan fingerprint density at radius 2 is 2.15 bits per heavy atom. The summed E-state index contributed by atoms with van der Waals surface area (Å²) in [6, 6.07) is 7.48. The maximum atomic E-state index is 9.34. The highest BCUT2D eigenvalue weighted by Crippen LogP contribution is 2.13. The van der Waals surface area contributed by atoms with Gasteiger partial charge in [-0.3, -0.25) is 0 Å². The molecule has 0 heterocycles. The molecule has 3 nitrogen and oxygen atoms in total. The Balaban J connectivity index is 2.78. The zero-order valence-corrected chi connectivity index (χ0v) is 7.48. The molecule has 0 radical (unpaired) electrons. The van der Waals surface area contributed by atoms with Crippen LogP contribution in [0.5, 0.6) is 0 Å². The smallest absolute Gasteiger partial charge is 0.102 e. The topological polar surface area (TPSA) is 66.5 Å². The standard InChI is InChI=1S/C10H15NO2/c11-5-4-8-2-1-3-9(6-8)10(13)7-12/h1-3,6,10,12-13H,4-5,7,11H2. The van der Waals surface area contributed by atoms with Crippen LogP contribution in [-0.2, 0) is 6.42 Å². The molecule has 0 aliphatic rings. The van der Waals surface area contributed by atoms with Crippen LogP contribution in [0.1, 0.15) is 17.2 Å². The van der Waals surface area contributed by atoms with Crippen LogP contribution < -0.4 is 5.73 Å². The van der Waals surface area contributed by atoms with Gasteiger partial charge < -0.3 is 15.9 Å².